The van der Waals surface area contributed by atoms with E-state index in [9.17, 15) is 9.59 Å². The highest BCUT2D eigenvalue weighted by Crippen LogP contribution is 2.32. The fourth-order valence-electron chi connectivity index (χ4n) is 4.24. The number of fused-ring (bicyclic) bond motifs is 1. The molecule has 0 atom stereocenters. The van der Waals surface area contributed by atoms with E-state index in [1.165, 1.54) is 11.3 Å². The second-order valence-corrected chi connectivity index (χ2v) is 10.6. The standard InChI is InChI=1S/C28H26BrN3O3S.ClH/c29-23-11-12-24-25(19-23)36-28(30-24)32(14-4-13-31-15-17-35-18-16-31)27(34)22-9-7-21(8-10-22)26(33)20-5-2-1-3-6-20;/h1-3,5-12,19H,4,13-18H2;1H. The normalized spacial score (nSPS) is 13.8. The van der Waals surface area contributed by atoms with E-state index in [0.717, 1.165) is 54.0 Å². The molecule has 1 fully saturated rings. The van der Waals surface area contributed by atoms with Crippen LogP contribution >= 0.6 is 39.7 Å². The fraction of sp³-hybridized carbons (Fsp3) is 0.250. The van der Waals surface area contributed by atoms with E-state index in [4.69, 9.17) is 9.72 Å². The van der Waals surface area contributed by atoms with Crippen molar-refractivity contribution >= 4 is 66.7 Å². The zero-order chi connectivity index (χ0) is 24.9. The zero-order valence-corrected chi connectivity index (χ0v) is 23.4. The van der Waals surface area contributed by atoms with Crippen molar-refractivity contribution in [2.24, 2.45) is 0 Å². The Labute approximate surface area is 234 Å². The summed E-state index contributed by atoms with van der Waals surface area (Å²) in [6, 6.07) is 22.0. The third kappa shape index (κ3) is 6.64. The number of carbonyl (C=O) groups is 2. The molecule has 1 amide bonds. The number of thiazole rings is 1. The molecule has 4 aromatic rings. The Morgan fingerprint density at radius 1 is 0.946 bits per heavy atom. The number of hydrogen-bond acceptors (Lipinski definition) is 6. The van der Waals surface area contributed by atoms with E-state index in [2.05, 4.69) is 20.8 Å². The van der Waals surface area contributed by atoms with Crippen LogP contribution in [0.3, 0.4) is 0 Å². The highest BCUT2D eigenvalue weighted by Gasteiger charge is 2.22. The van der Waals surface area contributed by atoms with Gasteiger partial charge in [0, 0.05) is 47.3 Å². The number of rotatable bonds is 8. The second kappa shape index (κ2) is 12.8. The van der Waals surface area contributed by atoms with Crippen molar-refractivity contribution in [3.05, 3.63) is 94.0 Å². The number of anilines is 1. The van der Waals surface area contributed by atoms with Crippen LogP contribution in [0.25, 0.3) is 10.2 Å². The molecular formula is C28H27BrClN3O3S. The molecule has 0 spiro atoms. The number of halogens is 2. The molecule has 0 radical (unpaired) electrons. The van der Waals surface area contributed by atoms with E-state index < -0.39 is 0 Å². The smallest absolute Gasteiger partial charge is 0.260 e. The molecule has 37 heavy (non-hydrogen) atoms. The van der Waals surface area contributed by atoms with Gasteiger partial charge in [0.1, 0.15) is 0 Å². The first-order chi connectivity index (χ1) is 17.6. The Kier molecular flexibility index (Phi) is 9.45. The van der Waals surface area contributed by atoms with Gasteiger partial charge in [0.15, 0.2) is 10.9 Å². The molecule has 0 N–H and O–H groups in total. The van der Waals surface area contributed by atoms with Gasteiger partial charge in [-0.3, -0.25) is 19.4 Å². The van der Waals surface area contributed by atoms with Gasteiger partial charge < -0.3 is 4.74 Å². The lowest BCUT2D eigenvalue weighted by atomic mass is 10.0. The number of aromatic nitrogens is 1. The Hall–Kier alpha value is -2.62. The quantitative estimate of drug-likeness (QED) is 0.229. The van der Waals surface area contributed by atoms with Crippen LogP contribution in [0, 0.1) is 0 Å². The second-order valence-electron chi connectivity index (χ2n) is 8.65. The molecule has 1 saturated heterocycles. The summed E-state index contributed by atoms with van der Waals surface area (Å²) in [4.78, 5) is 35.4. The SMILES string of the molecule is Cl.O=C(c1ccccc1)c1ccc(C(=O)N(CCCN2CCOCC2)c2nc3ccc(Br)cc3s2)cc1. The third-order valence-corrected chi connectivity index (χ3v) is 7.74. The van der Waals surface area contributed by atoms with Crippen molar-refractivity contribution in [1.29, 1.82) is 0 Å². The largest absolute Gasteiger partial charge is 0.379 e. The topological polar surface area (TPSA) is 62.7 Å². The number of hydrogen-bond donors (Lipinski definition) is 0. The number of nitrogens with zero attached hydrogens (tertiary/aromatic N) is 3. The summed E-state index contributed by atoms with van der Waals surface area (Å²) in [6.07, 6.45) is 0.829. The monoisotopic (exact) mass is 599 g/mol. The fourth-order valence-corrected chi connectivity index (χ4v) is 5.78. The minimum Gasteiger partial charge on any atom is -0.379 e. The summed E-state index contributed by atoms with van der Waals surface area (Å²) < 4.78 is 7.45. The molecule has 0 aliphatic carbocycles. The van der Waals surface area contributed by atoms with E-state index in [1.807, 2.05) is 36.4 Å². The van der Waals surface area contributed by atoms with Gasteiger partial charge in [0.2, 0.25) is 0 Å². The lowest BCUT2D eigenvalue weighted by molar-refractivity contribution is 0.0376. The number of amides is 1. The predicted molar refractivity (Wildman–Crippen MR) is 154 cm³/mol. The molecule has 1 aliphatic heterocycles. The maximum atomic E-state index is 13.7. The van der Waals surface area contributed by atoms with Crippen molar-refractivity contribution in [3.8, 4) is 0 Å². The lowest BCUT2D eigenvalue weighted by Crippen LogP contribution is -2.39. The molecule has 0 unspecified atom stereocenters. The van der Waals surface area contributed by atoms with Crippen LogP contribution in [-0.4, -0.2) is 61.0 Å². The molecule has 0 bridgehead atoms. The van der Waals surface area contributed by atoms with Crippen LogP contribution in [0.5, 0.6) is 0 Å². The van der Waals surface area contributed by atoms with E-state index in [-0.39, 0.29) is 24.1 Å². The molecule has 1 aliphatic rings. The first-order valence-corrected chi connectivity index (χ1v) is 13.6. The Bertz CT molecular complexity index is 1360. The number of benzene rings is 3. The Morgan fingerprint density at radius 3 is 2.35 bits per heavy atom. The summed E-state index contributed by atoms with van der Waals surface area (Å²) >= 11 is 5.03. The molecule has 9 heteroatoms. The highest BCUT2D eigenvalue weighted by molar-refractivity contribution is 9.10. The van der Waals surface area contributed by atoms with Gasteiger partial charge in [-0.15, -0.1) is 12.4 Å². The maximum Gasteiger partial charge on any atom is 0.260 e. The summed E-state index contributed by atoms with van der Waals surface area (Å²) in [6.45, 7) is 4.79. The molecule has 192 valence electrons. The van der Waals surface area contributed by atoms with Crippen molar-refractivity contribution in [2.45, 2.75) is 6.42 Å². The van der Waals surface area contributed by atoms with E-state index >= 15 is 0 Å². The summed E-state index contributed by atoms with van der Waals surface area (Å²) in [5.41, 5.74) is 2.59. The maximum absolute atomic E-state index is 13.7. The zero-order valence-electron chi connectivity index (χ0n) is 20.1. The van der Waals surface area contributed by atoms with Crippen LogP contribution in [0.2, 0.25) is 0 Å². The number of ketones is 1. The van der Waals surface area contributed by atoms with Gasteiger partial charge in [0.05, 0.1) is 23.4 Å². The van der Waals surface area contributed by atoms with Gasteiger partial charge in [-0.2, -0.15) is 0 Å². The van der Waals surface area contributed by atoms with Crippen LogP contribution in [-0.2, 0) is 4.74 Å². The molecule has 5 rings (SSSR count). The minimum atomic E-state index is -0.117. The number of morpholine rings is 1. The van der Waals surface area contributed by atoms with Crippen molar-refractivity contribution in [3.63, 3.8) is 0 Å². The van der Waals surface area contributed by atoms with Crippen LogP contribution in [0.1, 0.15) is 32.7 Å². The Morgan fingerprint density at radius 2 is 1.62 bits per heavy atom. The summed E-state index contributed by atoms with van der Waals surface area (Å²) in [5.74, 6) is -0.178. The van der Waals surface area contributed by atoms with Crippen LogP contribution < -0.4 is 4.90 Å². The van der Waals surface area contributed by atoms with E-state index in [1.54, 1.807) is 41.3 Å². The van der Waals surface area contributed by atoms with Crippen LogP contribution in [0.15, 0.2) is 77.3 Å². The van der Waals surface area contributed by atoms with Gasteiger partial charge in [-0.25, -0.2) is 4.98 Å². The average Bonchev–Trinajstić information content (AvgIpc) is 3.34. The van der Waals surface area contributed by atoms with Crippen molar-refractivity contribution in [1.82, 2.24) is 9.88 Å². The van der Waals surface area contributed by atoms with Crippen LogP contribution in [0.4, 0.5) is 5.13 Å². The average molecular weight is 601 g/mol. The molecule has 2 heterocycles. The van der Waals surface area contributed by atoms with E-state index in [0.29, 0.717) is 28.4 Å². The summed E-state index contributed by atoms with van der Waals surface area (Å²) in [7, 11) is 0. The third-order valence-electron chi connectivity index (χ3n) is 6.21. The van der Waals surface area contributed by atoms with Crippen molar-refractivity contribution in [2.75, 3.05) is 44.3 Å². The van der Waals surface area contributed by atoms with Gasteiger partial charge >= 0.3 is 0 Å². The molecular weight excluding hydrogens is 574 g/mol. The summed E-state index contributed by atoms with van der Waals surface area (Å²) in [5, 5.41) is 0.680. The molecule has 1 aromatic heterocycles. The first-order valence-electron chi connectivity index (χ1n) is 12.0. The molecule has 6 nitrogen and oxygen atoms in total. The predicted octanol–water partition coefficient (Wildman–Crippen LogP) is 6.08. The van der Waals surface area contributed by atoms with Gasteiger partial charge in [-0.1, -0.05) is 69.7 Å². The van der Waals surface area contributed by atoms with Gasteiger partial charge in [-0.05, 0) is 36.8 Å². The van der Waals surface area contributed by atoms with Crippen molar-refractivity contribution < 1.29 is 14.3 Å². The first kappa shape index (κ1) is 27.4. The number of carbonyl (C=O) groups excluding carboxylic acids is 2. The Balaban J connectivity index is 0.00000320. The van der Waals surface area contributed by atoms with Gasteiger partial charge in [0.25, 0.3) is 5.91 Å². The molecule has 3 aromatic carbocycles. The minimum absolute atomic E-state index is 0. The molecule has 0 saturated carbocycles. The number of ether oxygens (including phenoxy) is 1. The highest BCUT2D eigenvalue weighted by atomic mass is 79.9. The lowest BCUT2D eigenvalue weighted by Gasteiger charge is -2.27.